The van der Waals surface area contributed by atoms with Gasteiger partial charge in [-0.3, -0.25) is 14.0 Å². The van der Waals surface area contributed by atoms with Crippen LogP contribution in [0.4, 0.5) is 0 Å². The van der Waals surface area contributed by atoms with Crippen LogP contribution in [0, 0.1) is 0 Å². The molecule has 0 bridgehead atoms. The molecule has 0 atom stereocenters. The maximum absolute atomic E-state index is 12.4. The highest BCUT2D eigenvalue weighted by atomic mass is 16.2. The Morgan fingerprint density at radius 2 is 2.14 bits per heavy atom. The van der Waals surface area contributed by atoms with Gasteiger partial charge in [-0.05, 0) is 12.8 Å². The van der Waals surface area contributed by atoms with Crippen molar-refractivity contribution in [1.29, 1.82) is 0 Å². The molecule has 8 nitrogen and oxygen atoms in total. The van der Waals surface area contributed by atoms with E-state index in [4.69, 9.17) is 0 Å². The number of nitrogens with zero attached hydrogens (tertiary/aromatic N) is 6. The highest BCUT2D eigenvalue weighted by Crippen LogP contribution is 2.18. The maximum Gasteiger partial charge on any atom is 0.345 e. The summed E-state index contributed by atoms with van der Waals surface area (Å²) in [6, 6.07) is 0. The molecular formula is C14H20N6O2. The first-order valence-electron chi connectivity index (χ1n) is 7.42. The Labute approximate surface area is 127 Å². The minimum atomic E-state index is -0.196. The van der Waals surface area contributed by atoms with Gasteiger partial charge in [0.15, 0.2) is 0 Å². The van der Waals surface area contributed by atoms with Crippen LogP contribution in [0.25, 0.3) is 0 Å². The number of amides is 1. The van der Waals surface area contributed by atoms with E-state index in [-0.39, 0.29) is 18.0 Å². The summed E-state index contributed by atoms with van der Waals surface area (Å²) in [4.78, 5) is 26.0. The van der Waals surface area contributed by atoms with E-state index >= 15 is 0 Å². The number of aromatic nitrogens is 5. The van der Waals surface area contributed by atoms with Gasteiger partial charge < -0.3 is 4.90 Å². The van der Waals surface area contributed by atoms with Crippen molar-refractivity contribution in [3.8, 4) is 0 Å². The molecule has 2 aromatic heterocycles. The van der Waals surface area contributed by atoms with Gasteiger partial charge in [0.05, 0.1) is 12.7 Å². The summed E-state index contributed by atoms with van der Waals surface area (Å²) in [5, 5.41) is 8.24. The fraction of sp³-hybridized carbons (Fsp3) is 0.571. The average Bonchev–Trinajstić information content (AvgIpc) is 2.92. The largest absolute Gasteiger partial charge is 0.345 e. The first-order chi connectivity index (χ1) is 10.6. The molecule has 2 aromatic rings. The molecule has 0 unspecified atom stereocenters. The molecule has 3 rings (SSSR count). The second-order valence-corrected chi connectivity index (χ2v) is 5.66. The molecular weight excluding hydrogens is 284 g/mol. The van der Waals surface area contributed by atoms with Crippen LogP contribution in [-0.2, 0) is 38.4 Å². The Morgan fingerprint density at radius 1 is 1.32 bits per heavy atom. The van der Waals surface area contributed by atoms with Gasteiger partial charge in [0.2, 0.25) is 5.91 Å². The van der Waals surface area contributed by atoms with E-state index < -0.39 is 0 Å². The quantitative estimate of drug-likeness (QED) is 0.778. The van der Waals surface area contributed by atoms with E-state index in [1.807, 2.05) is 22.8 Å². The SMILES string of the molecule is Cn1ncc2c1CCCN(C(=O)CCn1ncn(C)c1=O)C2. The first-order valence-corrected chi connectivity index (χ1v) is 7.42. The molecule has 0 saturated heterocycles. The summed E-state index contributed by atoms with van der Waals surface area (Å²) < 4.78 is 4.61. The van der Waals surface area contributed by atoms with Crippen molar-refractivity contribution in [2.24, 2.45) is 14.1 Å². The fourth-order valence-electron chi connectivity index (χ4n) is 2.83. The molecule has 0 aromatic carbocycles. The lowest BCUT2D eigenvalue weighted by atomic mass is 10.2. The maximum atomic E-state index is 12.4. The second kappa shape index (κ2) is 5.78. The van der Waals surface area contributed by atoms with Gasteiger partial charge in [-0.2, -0.15) is 10.2 Å². The molecule has 0 spiro atoms. The smallest absolute Gasteiger partial charge is 0.338 e. The summed E-state index contributed by atoms with van der Waals surface area (Å²) in [6.07, 6.45) is 5.45. The van der Waals surface area contributed by atoms with E-state index in [0.717, 1.165) is 24.9 Å². The molecule has 0 radical (unpaired) electrons. The van der Waals surface area contributed by atoms with Crippen molar-refractivity contribution in [2.75, 3.05) is 6.54 Å². The third kappa shape index (κ3) is 2.68. The van der Waals surface area contributed by atoms with Crippen LogP contribution < -0.4 is 5.69 Å². The molecule has 3 heterocycles. The number of fused-ring (bicyclic) bond motifs is 1. The number of carbonyl (C=O) groups excluding carboxylic acids is 1. The van der Waals surface area contributed by atoms with Crippen LogP contribution in [0.15, 0.2) is 17.3 Å². The highest BCUT2D eigenvalue weighted by molar-refractivity contribution is 5.76. The van der Waals surface area contributed by atoms with Gasteiger partial charge in [-0.15, -0.1) is 0 Å². The number of hydrogen-bond acceptors (Lipinski definition) is 4. The topological polar surface area (TPSA) is 78.0 Å². The third-order valence-electron chi connectivity index (χ3n) is 4.13. The molecule has 0 N–H and O–H groups in total. The van der Waals surface area contributed by atoms with E-state index in [9.17, 15) is 9.59 Å². The Bertz CT molecular complexity index is 741. The molecule has 1 amide bonds. The first kappa shape index (κ1) is 14.6. The molecule has 1 aliphatic rings. The van der Waals surface area contributed by atoms with Gasteiger partial charge >= 0.3 is 5.69 Å². The summed E-state index contributed by atoms with van der Waals surface area (Å²) in [7, 11) is 3.58. The van der Waals surface area contributed by atoms with Gasteiger partial charge in [0, 0.05) is 44.9 Å². The zero-order valence-electron chi connectivity index (χ0n) is 12.9. The molecule has 8 heteroatoms. The lowest BCUT2D eigenvalue weighted by Gasteiger charge is -2.20. The number of aryl methyl sites for hydroxylation is 3. The fourth-order valence-corrected chi connectivity index (χ4v) is 2.83. The third-order valence-corrected chi connectivity index (χ3v) is 4.13. The van der Waals surface area contributed by atoms with Gasteiger partial charge in [-0.25, -0.2) is 9.48 Å². The van der Waals surface area contributed by atoms with Gasteiger partial charge in [0.25, 0.3) is 0 Å². The Kier molecular flexibility index (Phi) is 3.82. The minimum Gasteiger partial charge on any atom is -0.338 e. The molecule has 0 saturated carbocycles. The van der Waals surface area contributed by atoms with Crippen LogP contribution in [0.2, 0.25) is 0 Å². The molecule has 0 fully saturated rings. The number of hydrogen-bond donors (Lipinski definition) is 0. The van der Waals surface area contributed by atoms with Crippen LogP contribution in [-0.4, -0.2) is 41.5 Å². The normalized spacial score (nSPS) is 14.7. The van der Waals surface area contributed by atoms with Crippen molar-refractivity contribution in [1.82, 2.24) is 29.0 Å². The van der Waals surface area contributed by atoms with Crippen molar-refractivity contribution in [3.05, 3.63) is 34.3 Å². The number of carbonyl (C=O) groups is 1. The lowest BCUT2D eigenvalue weighted by Crippen LogP contribution is -2.32. The predicted octanol–water partition coefficient (Wildman–Crippen LogP) is -0.320. The number of rotatable bonds is 3. The second-order valence-electron chi connectivity index (χ2n) is 5.66. The van der Waals surface area contributed by atoms with Gasteiger partial charge in [-0.1, -0.05) is 0 Å². The molecule has 22 heavy (non-hydrogen) atoms. The monoisotopic (exact) mass is 304 g/mol. The van der Waals surface area contributed by atoms with Crippen LogP contribution in [0.5, 0.6) is 0 Å². The Hall–Kier alpha value is -2.38. The van der Waals surface area contributed by atoms with Gasteiger partial charge in [0.1, 0.15) is 6.33 Å². The highest BCUT2D eigenvalue weighted by Gasteiger charge is 2.21. The van der Waals surface area contributed by atoms with Crippen molar-refractivity contribution in [3.63, 3.8) is 0 Å². The summed E-state index contributed by atoms with van der Waals surface area (Å²) in [5.41, 5.74) is 2.12. The molecule has 118 valence electrons. The van der Waals surface area contributed by atoms with E-state index in [2.05, 4.69) is 10.2 Å². The van der Waals surface area contributed by atoms with E-state index in [1.54, 1.807) is 7.05 Å². The summed E-state index contributed by atoms with van der Waals surface area (Å²) in [6.45, 7) is 1.65. The molecule has 1 aliphatic heterocycles. The van der Waals surface area contributed by atoms with Crippen LogP contribution in [0.3, 0.4) is 0 Å². The summed E-state index contributed by atoms with van der Waals surface area (Å²) >= 11 is 0. The Balaban J connectivity index is 1.65. The van der Waals surface area contributed by atoms with Crippen LogP contribution in [0.1, 0.15) is 24.1 Å². The van der Waals surface area contributed by atoms with Crippen molar-refractivity contribution >= 4 is 5.91 Å². The lowest BCUT2D eigenvalue weighted by molar-refractivity contribution is -0.132. The van der Waals surface area contributed by atoms with Crippen molar-refractivity contribution in [2.45, 2.75) is 32.4 Å². The summed E-state index contributed by atoms with van der Waals surface area (Å²) in [5.74, 6) is 0.0502. The van der Waals surface area contributed by atoms with Crippen molar-refractivity contribution < 1.29 is 4.79 Å². The minimum absolute atomic E-state index is 0.0502. The average molecular weight is 304 g/mol. The van der Waals surface area contributed by atoms with E-state index in [1.165, 1.54) is 21.3 Å². The predicted molar refractivity (Wildman–Crippen MR) is 79.0 cm³/mol. The van der Waals surface area contributed by atoms with Crippen LogP contribution >= 0.6 is 0 Å². The zero-order valence-corrected chi connectivity index (χ0v) is 12.9. The zero-order chi connectivity index (χ0) is 15.7. The van der Waals surface area contributed by atoms with E-state index in [0.29, 0.717) is 13.1 Å². The standard InChI is InChI=1S/C14H20N6O2/c1-17-10-16-20(14(17)22)7-5-13(21)19-6-3-4-12-11(9-19)8-15-18(12)2/h8,10H,3-7,9H2,1-2H3. The molecule has 0 aliphatic carbocycles. The Morgan fingerprint density at radius 3 is 2.86 bits per heavy atom.